The molecular weight excluding hydrogens is 430 g/mol. The number of carbonyl (C=O) groups is 1. The fraction of sp³-hybridized carbons (Fsp3) is 0.200. The number of rotatable bonds is 5. The molecule has 0 unspecified atom stereocenters. The van der Waals surface area contributed by atoms with Crippen molar-refractivity contribution in [2.75, 3.05) is 41.8 Å². The van der Waals surface area contributed by atoms with Crippen LogP contribution in [-0.4, -0.2) is 47.2 Å². The molecule has 1 amide bonds. The number of carbonyl (C=O) groups excluding carboxylic acids is 1. The van der Waals surface area contributed by atoms with E-state index in [0.29, 0.717) is 37.7 Å². The van der Waals surface area contributed by atoms with E-state index < -0.39 is 17.7 Å². The lowest BCUT2D eigenvalue weighted by atomic mass is 10.2. The maximum absolute atomic E-state index is 14.0. The largest absolute Gasteiger partial charge is 0.378 e. The molecule has 1 aromatic carbocycles. The van der Waals surface area contributed by atoms with Gasteiger partial charge in [0, 0.05) is 30.4 Å². The Morgan fingerprint density at radius 1 is 1.10 bits per heavy atom. The molecule has 0 radical (unpaired) electrons. The summed E-state index contributed by atoms with van der Waals surface area (Å²) < 4.78 is 33.1. The van der Waals surface area contributed by atoms with Gasteiger partial charge in [-0.25, -0.2) is 19.3 Å². The van der Waals surface area contributed by atoms with Gasteiger partial charge in [0.25, 0.3) is 5.91 Å². The van der Waals surface area contributed by atoms with Crippen LogP contribution in [0.1, 0.15) is 10.5 Å². The third-order valence-corrected chi connectivity index (χ3v) is 4.75. The number of anilines is 4. The zero-order valence-corrected chi connectivity index (χ0v) is 16.9. The molecule has 31 heavy (non-hydrogen) atoms. The van der Waals surface area contributed by atoms with Crippen LogP contribution in [0.15, 0.2) is 42.7 Å². The van der Waals surface area contributed by atoms with Gasteiger partial charge in [0.1, 0.15) is 11.5 Å². The highest BCUT2D eigenvalue weighted by molar-refractivity contribution is 6.30. The predicted octanol–water partition coefficient (Wildman–Crippen LogP) is 3.64. The highest BCUT2D eigenvalue weighted by atomic mass is 35.5. The van der Waals surface area contributed by atoms with Crippen LogP contribution in [0.5, 0.6) is 0 Å². The smallest absolute Gasteiger partial charge is 0.274 e. The average Bonchev–Trinajstić information content (AvgIpc) is 2.78. The summed E-state index contributed by atoms with van der Waals surface area (Å²) in [7, 11) is 0. The number of benzene rings is 1. The Kier molecular flexibility index (Phi) is 6.19. The number of aromatic nitrogens is 3. The number of ether oxygens (including phenoxy) is 1. The van der Waals surface area contributed by atoms with E-state index in [0.717, 1.165) is 6.07 Å². The Hall–Kier alpha value is -3.37. The quantitative estimate of drug-likeness (QED) is 0.578. The molecule has 3 aromatic rings. The van der Waals surface area contributed by atoms with E-state index in [9.17, 15) is 13.6 Å². The van der Waals surface area contributed by atoms with E-state index in [1.54, 1.807) is 0 Å². The van der Waals surface area contributed by atoms with Crippen LogP contribution in [0, 0.1) is 11.8 Å². The fourth-order valence-corrected chi connectivity index (χ4v) is 3.18. The highest BCUT2D eigenvalue weighted by Crippen LogP contribution is 2.27. The second kappa shape index (κ2) is 9.19. The third kappa shape index (κ3) is 5.04. The second-order valence-corrected chi connectivity index (χ2v) is 7.03. The summed E-state index contributed by atoms with van der Waals surface area (Å²) in [4.78, 5) is 26.4. The number of hydrogen-bond acceptors (Lipinski definition) is 7. The van der Waals surface area contributed by atoms with Gasteiger partial charge in [-0.05, 0) is 24.3 Å². The minimum atomic E-state index is -0.655. The SMILES string of the molecule is O=C(Nc1cnc(F)cc1N1CCOCC1)c1ccnc(Nc2ccc(Cl)cc2F)n1. The van der Waals surface area contributed by atoms with Crippen LogP contribution in [-0.2, 0) is 4.74 Å². The number of nitrogens with zero attached hydrogens (tertiary/aromatic N) is 4. The summed E-state index contributed by atoms with van der Waals surface area (Å²) >= 11 is 5.75. The Bertz CT molecular complexity index is 1110. The van der Waals surface area contributed by atoms with Crippen molar-refractivity contribution in [1.82, 2.24) is 15.0 Å². The van der Waals surface area contributed by atoms with Crippen molar-refractivity contribution in [3.63, 3.8) is 0 Å². The van der Waals surface area contributed by atoms with E-state index in [4.69, 9.17) is 16.3 Å². The molecule has 0 spiro atoms. The molecule has 1 aliphatic rings. The van der Waals surface area contributed by atoms with Gasteiger partial charge in [0.15, 0.2) is 0 Å². The van der Waals surface area contributed by atoms with Gasteiger partial charge in [0.05, 0.1) is 36.5 Å². The topological polar surface area (TPSA) is 92.3 Å². The molecular formula is C20H17ClF2N6O2. The summed E-state index contributed by atoms with van der Waals surface area (Å²) in [6.07, 6.45) is 2.62. The van der Waals surface area contributed by atoms with Crippen LogP contribution >= 0.6 is 11.6 Å². The standard InChI is InChI=1S/C20H17ClF2N6O2/c21-12-1-2-14(13(22)9-12)27-20-24-4-3-15(28-20)19(30)26-16-11-25-18(23)10-17(16)29-5-7-31-8-6-29/h1-4,9-11H,5-8H2,(H,26,30)(H,24,27,28). The zero-order valence-electron chi connectivity index (χ0n) is 16.1. The van der Waals surface area contributed by atoms with Crippen molar-refractivity contribution < 1.29 is 18.3 Å². The van der Waals surface area contributed by atoms with E-state index in [2.05, 4.69) is 25.6 Å². The van der Waals surface area contributed by atoms with Gasteiger partial charge in [0.2, 0.25) is 11.9 Å². The summed E-state index contributed by atoms with van der Waals surface area (Å²) in [6.45, 7) is 2.11. The first-order valence-corrected chi connectivity index (χ1v) is 9.72. The van der Waals surface area contributed by atoms with Gasteiger partial charge >= 0.3 is 0 Å². The number of morpholine rings is 1. The molecule has 11 heteroatoms. The fourth-order valence-electron chi connectivity index (χ4n) is 3.03. The van der Waals surface area contributed by atoms with Crippen molar-refractivity contribution in [2.45, 2.75) is 0 Å². The number of pyridine rings is 1. The van der Waals surface area contributed by atoms with Gasteiger partial charge in [-0.1, -0.05) is 11.6 Å². The van der Waals surface area contributed by atoms with Crippen molar-refractivity contribution in [3.05, 3.63) is 65.2 Å². The molecule has 160 valence electrons. The normalized spacial score (nSPS) is 13.7. The van der Waals surface area contributed by atoms with Crippen LogP contribution < -0.4 is 15.5 Å². The van der Waals surface area contributed by atoms with E-state index in [1.807, 2.05) is 4.90 Å². The molecule has 2 aromatic heterocycles. The van der Waals surface area contributed by atoms with E-state index >= 15 is 0 Å². The van der Waals surface area contributed by atoms with Crippen molar-refractivity contribution in [1.29, 1.82) is 0 Å². The zero-order chi connectivity index (χ0) is 21.8. The second-order valence-electron chi connectivity index (χ2n) is 6.59. The maximum Gasteiger partial charge on any atom is 0.274 e. The summed E-state index contributed by atoms with van der Waals surface area (Å²) in [6, 6.07) is 6.77. The molecule has 0 saturated carbocycles. The van der Waals surface area contributed by atoms with Crippen molar-refractivity contribution in [2.24, 2.45) is 0 Å². The molecule has 0 aliphatic carbocycles. The maximum atomic E-state index is 14.0. The monoisotopic (exact) mass is 446 g/mol. The van der Waals surface area contributed by atoms with Gasteiger partial charge in [-0.3, -0.25) is 4.79 Å². The summed E-state index contributed by atoms with van der Waals surface area (Å²) in [5, 5.41) is 5.66. The first-order chi connectivity index (χ1) is 15.0. The lowest BCUT2D eigenvalue weighted by Gasteiger charge is -2.30. The molecule has 0 bridgehead atoms. The Labute approximate surface area is 181 Å². The summed E-state index contributed by atoms with van der Waals surface area (Å²) in [5.74, 6) is -1.76. The Balaban J connectivity index is 1.53. The van der Waals surface area contributed by atoms with Gasteiger partial charge in [-0.15, -0.1) is 0 Å². The number of halogens is 3. The van der Waals surface area contributed by atoms with Gasteiger partial charge < -0.3 is 20.3 Å². The molecule has 4 rings (SSSR count). The van der Waals surface area contributed by atoms with E-state index in [-0.39, 0.29) is 22.4 Å². The molecule has 8 nitrogen and oxygen atoms in total. The molecule has 1 saturated heterocycles. The van der Waals surface area contributed by atoms with Gasteiger partial charge in [-0.2, -0.15) is 4.39 Å². The van der Waals surface area contributed by atoms with Crippen molar-refractivity contribution in [3.8, 4) is 0 Å². The Morgan fingerprint density at radius 3 is 2.68 bits per heavy atom. The average molecular weight is 447 g/mol. The van der Waals surface area contributed by atoms with Crippen molar-refractivity contribution >= 4 is 40.5 Å². The first kappa shape index (κ1) is 20.9. The lowest BCUT2D eigenvalue weighted by molar-refractivity contribution is 0.102. The first-order valence-electron chi connectivity index (χ1n) is 9.34. The molecule has 2 N–H and O–H groups in total. The van der Waals surface area contributed by atoms with Crippen LogP contribution in [0.25, 0.3) is 0 Å². The predicted molar refractivity (Wildman–Crippen MR) is 112 cm³/mol. The van der Waals surface area contributed by atoms with Crippen LogP contribution in [0.3, 0.4) is 0 Å². The minimum absolute atomic E-state index is 0.0273. The van der Waals surface area contributed by atoms with E-state index in [1.165, 1.54) is 36.7 Å². The highest BCUT2D eigenvalue weighted by Gasteiger charge is 2.19. The summed E-state index contributed by atoms with van der Waals surface area (Å²) in [5.41, 5.74) is 0.980. The minimum Gasteiger partial charge on any atom is -0.378 e. The van der Waals surface area contributed by atoms with Crippen LogP contribution in [0.4, 0.5) is 31.8 Å². The molecule has 0 atom stereocenters. The molecule has 3 heterocycles. The lowest BCUT2D eigenvalue weighted by Crippen LogP contribution is -2.37. The number of nitrogens with one attached hydrogen (secondary N) is 2. The van der Waals surface area contributed by atoms with Crippen LogP contribution in [0.2, 0.25) is 5.02 Å². The number of hydrogen-bond donors (Lipinski definition) is 2. The Morgan fingerprint density at radius 2 is 1.90 bits per heavy atom. The molecule has 1 fully saturated rings. The third-order valence-electron chi connectivity index (χ3n) is 4.51. The number of amides is 1. The molecule has 1 aliphatic heterocycles.